The summed E-state index contributed by atoms with van der Waals surface area (Å²) in [4.78, 5) is 15.2. The molecule has 94 valence electrons. The molecule has 1 atom stereocenters. The highest BCUT2D eigenvalue weighted by Crippen LogP contribution is 2.18. The van der Waals surface area contributed by atoms with Crippen molar-refractivity contribution < 1.29 is 13.2 Å². The number of likely N-dealkylation sites (N-methyl/N-ethyl adjacent to an activating group) is 1. The Balaban J connectivity index is 2.44. The van der Waals surface area contributed by atoms with Crippen LogP contribution in [0.15, 0.2) is 0 Å². The van der Waals surface area contributed by atoms with E-state index in [0.29, 0.717) is 19.5 Å². The zero-order valence-electron chi connectivity index (χ0n) is 9.72. The molecule has 6 nitrogen and oxygen atoms in total. The molecule has 1 unspecified atom stereocenters. The zero-order valence-corrected chi connectivity index (χ0v) is 10.5. The lowest BCUT2D eigenvalue weighted by molar-refractivity contribution is -0.127. The lowest BCUT2D eigenvalue weighted by Crippen LogP contribution is -2.33. The lowest BCUT2D eigenvalue weighted by atomic mass is 10.1. The summed E-state index contributed by atoms with van der Waals surface area (Å²) in [5.41, 5.74) is 0. The first-order valence-electron chi connectivity index (χ1n) is 5.21. The number of nitrogens with two attached hydrogens (primary N) is 1. The maximum absolute atomic E-state index is 11.6. The number of sulfonamides is 1. The Labute approximate surface area is 96.4 Å². The van der Waals surface area contributed by atoms with Crippen LogP contribution in [0, 0.1) is 5.92 Å². The van der Waals surface area contributed by atoms with Crippen molar-refractivity contribution in [1.29, 1.82) is 0 Å². The summed E-state index contributed by atoms with van der Waals surface area (Å²) in [6.07, 6.45) is 0.295. The molecule has 1 aliphatic rings. The van der Waals surface area contributed by atoms with Crippen LogP contribution in [0.2, 0.25) is 0 Å². The van der Waals surface area contributed by atoms with Crippen LogP contribution in [-0.4, -0.2) is 63.6 Å². The van der Waals surface area contributed by atoms with Gasteiger partial charge in [-0.1, -0.05) is 0 Å². The van der Waals surface area contributed by atoms with Crippen LogP contribution < -0.4 is 5.14 Å². The van der Waals surface area contributed by atoms with Crippen LogP contribution in [0.3, 0.4) is 0 Å². The smallest absolute Gasteiger partial charge is 0.223 e. The number of hydrogen-bond acceptors (Lipinski definition) is 4. The molecule has 2 N–H and O–H groups in total. The Morgan fingerprint density at radius 3 is 2.62 bits per heavy atom. The summed E-state index contributed by atoms with van der Waals surface area (Å²) in [5, 5.41) is 4.96. The Morgan fingerprint density at radius 1 is 1.50 bits per heavy atom. The molecule has 1 fully saturated rings. The number of carbonyl (C=O) groups excluding carboxylic acids is 1. The van der Waals surface area contributed by atoms with Gasteiger partial charge in [-0.2, -0.15) is 0 Å². The fourth-order valence-electron chi connectivity index (χ4n) is 1.83. The Morgan fingerprint density at radius 2 is 2.12 bits per heavy atom. The molecule has 7 heteroatoms. The van der Waals surface area contributed by atoms with Crippen LogP contribution in [0.25, 0.3) is 0 Å². The van der Waals surface area contributed by atoms with Gasteiger partial charge in [-0.05, 0) is 14.1 Å². The van der Waals surface area contributed by atoms with E-state index in [1.165, 1.54) is 0 Å². The maximum atomic E-state index is 11.6. The monoisotopic (exact) mass is 249 g/mol. The minimum absolute atomic E-state index is 0.0236. The fourth-order valence-corrected chi connectivity index (χ4v) is 2.71. The van der Waals surface area contributed by atoms with E-state index in [1.54, 1.807) is 4.90 Å². The van der Waals surface area contributed by atoms with Crippen molar-refractivity contribution in [2.75, 3.05) is 39.5 Å². The molecule has 1 aliphatic heterocycles. The third-order valence-corrected chi connectivity index (χ3v) is 3.52. The first-order chi connectivity index (χ1) is 7.28. The van der Waals surface area contributed by atoms with Gasteiger partial charge in [-0.25, -0.2) is 13.6 Å². The Kier molecular flexibility index (Phi) is 4.28. The number of likely N-dealkylation sites (tertiary alicyclic amines) is 1. The minimum Gasteiger partial charge on any atom is -0.341 e. The van der Waals surface area contributed by atoms with Gasteiger partial charge < -0.3 is 9.80 Å². The van der Waals surface area contributed by atoms with Crippen LogP contribution >= 0.6 is 0 Å². The highest BCUT2D eigenvalue weighted by atomic mass is 32.2. The van der Waals surface area contributed by atoms with Gasteiger partial charge in [0, 0.05) is 32.0 Å². The Bertz CT molecular complexity index is 353. The van der Waals surface area contributed by atoms with E-state index in [4.69, 9.17) is 5.14 Å². The first-order valence-corrected chi connectivity index (χ1v) is 6.92. The molecule has 16 heavy (non-hydrogen) atoms. The topological polar surface area (TPSA) is 83.7 Å². The summed E-state index contributed by atoms with van der Waals surface area (Å²) in [6.45, 7) is 1.93. The summed E-state index contributed by atoms with van der Waals surface area (Å²) in [5.74, 6) is -0.225. The number of nitrogens with zero attached hydrogens (tertiary/aromatic N) is 2. The van der Waals surface area contributed by atoms with Crippen molar-refractivity contribution in [2.45, 2.75) is 6.42 Å². The van der Waals surface area contributed by atoms with Gasteiger partial charge in [0.25, 0.3) is 0 Å². The summed E-state index contributed by atoms with van der Waals surface area (Å²) < 4.78 is 21.8. The molecule has 1 saturated heterocycles. The van der Waals surface area contributed by atoms with Gasteiger partial charge in [0.15, 0.2) is 0 Å². The largest absolute Gasteiger partial charge is 0.341 e. The number of rotatable bonds is 5. The van der Waals surface area contributed by atoms with E-state index in [9.17, 15) is 13.2 Å². The fraction of sp³-hybridized carbons (Fsp3) is 0.889. The van der Waals surface area contributed by atoms with Crippen LogP contribution in [0.1, 0.15) is 6.42 Å². The molecule has 1 rings (SSSR count). The maximum Gasteiger partial charge on any atom is 0.223 e. The second-order valence-corrected chi connectivity index (χ2v) is 6.20. The molecule has 0 bridgehead atoms. The normalized spacial score (nSPS) is 22.1. The predicted molar refractivity (Wildman–Crippen MR) is 61.2 cm³/mol. The standard InChI is InChI=1S/C9H19N3O3S/c1-11(2)3-4-12-6-8(5-9(12)13)7-16(10,14)15/h8H,3-7H2,1-2H3,(H2,10,14,15). The van der Waals surface area contributed by atoms with E-state index < -0.39 is 10.0 Å². The molecule has 1 amide bonds. The quantitative estimate of drug-likeness (QED) is 0.655. The summed E-state index contributed by atoms with van der Waals surface area (Å²) in [7, 11) is 0.391. The molecule has 0 saturated carbocycles. The third kappa shape index (κ3) is 4.46. The molecular formula is C9H19N3O3S. The van der Waals surface area contributed by atoms with Gasteiger partial charge in [0.1, 0.15) is 0 Å². The summed E-state index contributed by atoms with van der Waals surface area (Å²) >= 11 is 0. The minimum atomic E-state index is -3.47. The van der Waals surface area contributed by atoms with E-state index in [0.717, 1.165) is 6.54 Å². The van der Waals surface area contributed by atoms with E-state index in [2.05, 4.69) is 0 Å². The van der Waals surface area contributed by atoms with E-state index in [-0.39, 0.29) is 17.6 Å². The van der Waals surface area contributed by atoms with Gasteiger partial charge >= 0.3 is 0 Å². The Hall–Kier alpha value is -0.660. The van der Waals surface area contributed by atoms with Gasteiger partial charge in [0.05, 0.1) is 5.75 Å². The van der Waals surface area contributed by atoms with Crippen molar-refractivity contribution in [3.05, 3.63) is 0 Å². The van der Waals surface area contributed by atoms with Crippen molar-refractivity contribution in [3.8, 4) is 0 Å². The highest BCUT2D eigenvalue weighted by molar-refractivity contribution is 7.89. The average Bonchev–Trinajstić information content (AvgIpc) is 2.39. The van der Waals surface area contributed by atoms with Gasteiger partial charge in [-0.3, -0.25) is 4.79 Å². The molecular weight excluding hydrogens is 230 g/mol. The first kappa shape index (κ1) is 13.4. The van der Waals surface area contributed by atoms with Crippen molar-refractivity contribution in [1.82, 2.24) is 9.80 Å². The third-order valence-electron chi connectivity index (χ3n) is 2.58. The van der Waals surface area contributed by atoms with Crippen molar-refractivity contribution >= 4 is 15.9 Å². The van der Waals surface area contributed by atoms with Crippen molar-refractivity contribution in [2.24, 2.45) is 11.1 Å². The SMILES string of the molecule is CN(C)CCN1CC(CS(N)(=O)=O)CC1=O. The van der Waals surface area contributed by atoms with Crippen molar-refractivity contribution in [3.63, 3.8) is 0 Å². The van der Waals surface area contributed by atoms with Gasteiger partial charge in [-0.15, -0.1) is 0 Å². The molecule has 0 aromatic heterocycles. The van der Waals surface area contributed by atoms with Crippen LogP contribution in [0.5, 0.6) is 0 Å². The molecule has 0 aliphatic carbocycles. The highest BCUT2D eigenvalue weighted by Gasteiger charge is 2.31. The second-order valence-electron chi connectivity index (χ2n) is 4.54. The van der Waals surface area contributed by atoms with Crippen LogP contribution in [0.4, 0.5) is 0 Å². The number of hydrogen-bond donors (Lipinski definition) is 1. The molecule has 0 aromatic rings. The van der Waals surface area contributed by atoms with Crippen LogP contribution in [-0.2, 0) is 14.8 Å². The number of amides is 1. The lowest BCUT2D eigenvalue weighted by Gasteiger charge is -2.19. The van der Waals surface area contributed by atoms with Gasteiger partial charge in [0.2, 0.25) is 15.9 Å². The predicted octanol–water partition coefficient (Wildman–Crippen LogP) is -1.31. The number of carbonyl (C=O) groups is 1. The van der Waals surface area contributed by atoms with E-state index >= 15 is 0 Å². The molecule has 0 spiro atoms. The average molecular weight is 249 g/mol. The zero-order chi connectivity index (χ0) is 12.3. The summed E-state index contributed by atoms with van der Waals surface area (Å²) in [6, 6.07) is 0. The van der Waals surface area contributed by atoms with E-state index in [1.807, 2.05) is 19.0 Å². The molecule has 1 heterocycles. The molecule has 0 radical (unpaired) electrons. The number of primary sulfonamides is 1. The second kappa shape index (κ2) is 5.11. The molecule has 0 aromatic carbocycles.